The lowest BCUT2D eigenvalue weighted by molar-refractivity contribution is 0.567. The van der Waals surface area contributed by atoms with Gasteiger partial charge >= 0.3 is 0 Å². The molecule has 0 saturated heterocycles. The van der Waals surface area contributed by atoms with Crippen molar-refractivity contribution < 1.29 is 4.39 Å². The lowest BCUT2D eigenvalue weighted by Crippen LogP contribution is -2.03. The lowest BCUT2D eigenvalue weighted by Gasteiger charge is -2.06. The normalized spacial score (nSPS) is 11.3. The molecule has 0 amide bonds. The first kappa shape index (κ1) is 13.1. The van der Waals surface area contributed by atoms with E-state index >= 15 is 0 Å². The Morgan fingerprint density at radius 1 is 1.35 bits per heavy atom. The standard InChI is InChI=1S/C14H15FN4S/c1-10-7-13-12(8-11(10)15)17-14(20)19(13)5-2-4-18-6-3-16-9-18/h3,6-9H,2,4-5H2,1H3,(H,17,20). The zero-order chi connectivity index (χ0) is 14.1. The van der Waals surface area contributed by atoms with Crippen molar-refractivity contribution in [1.82, 2.24) is 19.1 Å². The fourth-order valence-electron chi connectivity index (χ4n) is 2.33. The number of H-pyrrole nitrogens is 1. The van der Waals surface area contributed by atoms with E-state index in [1.54, 1.807) is 19.4 Å². The van der Waals surface area contributed by atoms with Crippen LogP contribution in [0.3, 0.4) is 0 Å². The van der Waals surface area contributed by atoms with Gasteiger partial charge in [0.05, 0.1) is 17.4 Å². The van der Waals surface area contributed by atoms with Gasteiger partial charge in [0.1, 0.15) is 5.82 Å². The molecule has 0 aliphatic rings. The van der Waals surface area contributed by atoms with Gasteiger partial charge in [0, 0.05) is 25.5 Å². The number of aromatic amines is 1. The Kier molecular flexibility index (Phi) is 3.40. The smallest absolute Gasteiger partial charge is 0.178 e. The highest BCUT2D eigenvalue weighted by Crippen LogP contribution is 2.19. The number of nitrogens with one attached hydrogen (secondary N) is 1. The predicted molar refractivity (Wildman–Crippen MR) is 78.7 cm³/mol. The van der Waals surface area contributed by atoms with Crippen LogP contribution in [0.5, 0.6) is 0 Å². The van der Waals surface area contributed by atoms with Crippen molar-refractivity contribution in [1.29, 1.82) is 0 Å². The van der Waals surface area contributed by atoms with E-state index in [4.69, 9.17) is 12.2 Å². The van der Waals surface area contributed by atoms with E-state index in [1.165, 1.54) is 6.07 Å². The number of halogens is 1. The summed E-state index contributed by atoms with van der Waals surface area (Å²) in [6.07, 6.45) is 6.44. The van der Waals surface area contributed by atoms with Crippen LogP contribution in [0.2, 0.25) is 0 Å². The Morgan fingerprint density at radius 3 is 2.95 bits per heavy atom. The number of hydrogen-bond donors (Lipinski definition) is 1. The average Bonchev–Trinajstić information content (AvgIpc) is 3.01. The molecule has 0 radical (unpaired) electrons. The average molecular weight is 290 g/mol. The lowest BCUT2D eigenvalue weighted by atomic mass is 10.2. The molecule has 0 spiro atoms. The Balaban J connectivity index is 1.85. The fraction of sp³-hybridized carbons (Fsp3) is 0.286. The summed E-state index contributed by atoms with van der Waals surface area (Å²) < 4.78 is 18.2. The van der Waals surface area contributed by atoms with E-state index in [-0.39, 0.29) is 5.82 Å². The highest BCUT2D eigenvalue weighted by atomic mass is 32.1. The zero-order valence-electron chi connectivity index (χ0n) is 11.1. The van der Waals surface area contributed by atoms with Crippen LogP contribution in [-0.2, 0) is 13.1 Å². The van der Waals surface area contributed by atoms with Crippen molar-refractivity contribution in [3.8, 4) is 0 Å². The summed E-state index contributed by atoms with van der Waals surface area (Å²) in [5.41, 5.74) is 2.34. The number of aromatic nitrogens is 4. The maximum absolute atomic E-state index is 13.6. The summed E-state index contributed by atoms with van der Waals surface area (Å²) in [6.45, 7) is 3.44. The van der Waals surface area contributed by atoms with Crippen LogP contribution in [0.15, 0.2) is 30.9 Å². The van der Waals surface area contributed by atoms with Gasteiger partial charge in [-0.25, -0.2) is 9.37 Å². The highest BCUT2D eigenvalue weighted by molar-refractivity contribution is 7.71. The molecule has 0 fully saturated rings. The van der Waals surface area contributed by atoms with E-state index in [2.05, 4.69) is 9.97 Å². The maximum atomic E-state index is 13.6. The minimum absolute atomic E-state index is 0.209. The first-order valence-corrected chi connectivity index (χ1v) is 6.90. The van der Waals surface area contributed by atoms with Crippen molar-refractivity contribution in [3.05, 3.63) is 47.0 Å². The van der Waals surface area contributed by atoms with Gasteiger partial charge in [0.2, 0.25) is 0 Å². The first-order valence-electron chi connectivity index (χ1n) is 6.49. The molecule has 3 rings (SSSR count). The molecule has 0 bridgehead atoms. The minimum atomic E-state index is -0.209. The Labute approximate surface area is 120 Å². The van der Waals surface area contributed by atoms with Crippen LogP contribution < -0.4 is 0 Å². The Hall–Kier alpha value is -1.95. The molecule has 2 heterocycles. The number of benzene rings is 1. The summed E-state index contributed by atoms with van der Waals surface area (Å²) in [7, 11) is 0. The third kappa shape index (κ3) is 2.38. The molecule has 0 aliphatic carbocycles. The van der Waals surface area contributed by atoms with Crippen molar-refractivity contribution in [3.63, 3.8) is 0 Å². The zero-order valence-corrected chi connectivity index (χ0v) is 12.0. The third-order valence-corrected chi connectivity index (χ3v) is 3.73. The van der Waals surface area contributed by atoms with Crippen LogP contribution in [0.4, 0.5) is 4.39 Å². The Morgan fingerprint density at radius 2 is 2.20 bits per heavy atom. The minimum Gasteiger partial charge on any atom is -0.337 e. The Bertz CT molecular complexity index is 785. The van der Waals surface area contributed by atoms with Crippen molar-refractivity contribution >= 4 is 23.3 Å². The van der Waals surface area contributed by atoms with Crippen molar-refractivity contribution in [2.24, 2.45) is 0 Å². The van der Waals surface area contributed by atoms with Gasteiger partial charge < -0.3 is 14.1 Å². The quantitative estimate of drug-likeness (QED) is 0.748. The summed E-state index contributed by atoms with van der Waals surface area (Å²) >= 11 is 5.32. The fourth-order valence-corrected chi connectivity index (χ4v) is 2.63. The second kappa shape index (κ2) is 5.20. The van der Waals surface area contributed by atoms with Gasteiger partial charge in [0.15, 0.2) is 4.77 Å². The van der Waals surface area contributed by atoms with Crippen LogP contribution in [-0.4, -0.2) is 19.1 Å². The number of aryl methyl sites for hydroxylation is 3. The molecule has 3 aromatic rings. The number of imidazole rings is 2. The third-order valence-electron chi connectivity index (χ3n) is 3.41. The molecule has 2 aromatic heterocycles. The number of rotatable bonds is 4. The SMILES string of the molecule is Cc1cc2c(cc1F)[nH]c(=S)n2CCCn1ccnc1. The molecule has 0 atom stereocenters. The van der Waals surface area contributed by atoms with Crippen molar-refractivity contribution in [2.45, 2.75) is 26.4 Å². The summed E-state index contributed by atoms with van der Waals surface area (Å²) in [6, 6.07) is 3.35. The molecular formula is C14H15FN4S. The molecule has 0 aliphatic heterocycles. The second-order valence-corrected chi connectivity index (χ2v) is 5.24. The first-order chi connectivity index (χ1) is 9.65. The summed E-state index contributed by atoms with van der Waals surface area (Å²) in [5, 5.41) is 0. The van der Waals surface area contributed by atoms with Crippen LogP contribution in [0, 0.1) is 17.5 Å². The van der Waals surface area contributed by atoms with E-state index in [1.807, 2.05) is 21.4 Å². The van der Waals surface area contributed by atoms with Crippen LogP contribution in [0.25, 0.3) is 11.0 Å². The van der Waals surface area contributed by atoms with Crippen molar-refractivity contribution in [2.75, 3.05) is 0 Å². The predicted octanol–water partition coefficient (Wildman–Crippen LogP) is 3.43. The van der Waals surface area contributed by atoms with Crippen LogP contribution in [0.1, 0.15) is 12.0 Å². The topological polar surface area (TPSA) is 38.5 Å². The molecule has 6 heteroatoms. The molecule has 1 aromatic carbocycles. The van der Waals surface area contributed by atoms with Gasteiger partial charge in [0.25, 0.3) is 0 Å². The number of nitrogens with zero attached hydrogens (tertiary/aromatic N) is 3. The molecular weight excluding hydrogens is 275 g/mol. The molecule has 1 N–H and O–H groups in total. The molecule has 0 unspecified atom stereocenters. The molecule has 0 saturated carbocycles. The van der Waals surface area contributed by atoms with Gasteiger partial charge in [-0.3, -0.25) is 0 Å². The summed E-state index contributed by atoms with van der Waals surface area (Å²) in [5.74, 6) is -0.209. The summed E-state index contributed by atoms with van der Waals surface area (Å²) in [4.78, 5) is 7.07. The molecule has 4 nitrogen and oxygen atoms in total. The van der Waals surface area contributed by atoms with E-state index in [0.29, 0.717) is 10.3 Å². The van der Waals surface area contributed by atoms with Gasteiger partial charge in [-0.1, -0.05) is 0 Å². The number of hydrogen-bond acceptors (Lipinski definition) is 2. The van der Waals surface area contributed by atoms with Gasteiger partial charge in [-0.2, -0.15) is 0 Å². The van der Waals surface area contributed by atoms with Gasteiger partial charge in [-0.15, -0.1) is 0 Å². The van der Waals surface area contributed by atoms with E-state index in [9.17, 15) is 4.39 Å². The number of fused-ring (bicyclic) bond motifs is 1. The monoisotopic (exact) mass is 290 g/mol. The molecule has 20 heavy (non-hydrogen) atoms. The van der Waals surface area contributed by atoms with Crippen LogP contribution >= 0.6 is 12.2 Å². The second-order valence-electron chi connectivity index (χ2n) is 4.85. The maximum Gasteiger partial charge on any atom is 0.178 e. The van der Waals surface area contributed by atoms with E-state index < -0.39 is 0 Å². The highest BCUT2D eigenvalue weighted by Gasteiger charge is 2.07. The van der Waals surface area contributed by atoms with Gasteiger partial charge in [-0.05, 0) is 43.3 Å². The largest absolute Gasteiger partial charge is 0.337 e. The molecule has 104 valence electrons. The van der Waals surface area contributed by atoms with E-state index in [0.717, 1.165) is 30.5 Å².